The van der Waals surface area contributed by atoms with E-state index in [9.17, 15) is 9.59 Å². The van der Waals surface area contributed by atoms with Gasteiger partial charge in [0.2, 0.25) is 16.9 Å². The Morgan fingerprint density at radius 1 is 1.22 bits per heavy atom. The fourth-order valence-electron chi connectivity index (χ4n) is 2.06. The van der Waals surface area contributed by atoms with Gasteiger partial charge in [0.1, 0.15) is 5.01 Å². The fraction of sp³-hybridized carbons (Fsp3) is 0.375. The Labute approximate surface area is 138 Å². The van der Waals surface area contributed by atoms with E-state index in [4.69, 9.17) is 0 Å². The van der Waals surface area contributed by atoms with Crippen molar-refractivity contribution in [3.63, 3.8) is 0 Å². The van der Waals surface area contributed by atoms with Gasteiger partial charge in [0.15, 0.2) is 0 Å². The molecule has 0 unspecified atom stereocenters. The van der Waals surface area contributed by atoms with Crippen molar-refractivity contribution in [2.75, 3.05) is 11.9 Å². The standard InChI is InChI=1S/C16H18N4O2S/c1-10-2-4-12(5-3-10)15-19-20-16(23-15)18-13(21)8-9-17-14(22)11-6-7-11/h2-5,11H,6-9H2,1H3,(H,17,22)(H,18,20,21). The average molecular weight is 330 g/mol. The second-order valence-corrected chi connectivity index (χ2v) is 6.62. The van der Waals surface area contributed by atoms with Crippen molar-refractivity contribution >= 4 is 28.3 Å². The average Bonchev–Trinajstić information content (AvgIpc) is 3.29. The van der Waals surface area contributed by atoms with Crippen molar-refractivity contribution in [2.45, 2.75) is 26.2 Å². The van der Waals surface area contributed by atoms with Crippen molar-refractivity contribution in [3.05, 3.63) is 29.8 Å². The Hall–Kier alpha value is -2.28. The minimum atomic E-state index is -0.173. The first-order valence-electron chi connectivity index (χ1n) is 7.60. The van der Waals surface area contributed by atoms with Crippen LogP contribution >= 0.6 is 11.3 Å². The number of hydrogen-bond acceptors (Lipinski definition) is 5. The highest BCUT2D eigenvalue weighted by Gasteiger charge is 2.29. The van der Waals surface area contributed by atoms with E-state index in [1.165, 1.54) is 16.9 Å². The zero-order chi connectivity index (χ0) is 16.2. The molecule has 120 valence electrons. The monoisotopic (exact) mass is 330 g/mol. The van der Waals surface area contributed by atoms with Crippen LogP contribution in [0.5, 0.6) is 0 Å². The van der Waals surface area contributed by atoms with Crippen LogP contribution in [-0.4, -0.2) is 28.6 Å². The molecule has 2 aromatic rings. The predicted octanol–water partition coefficient (Wildman–Crippen LogP) is 2.37. The van der Waals surface area contributed by atoms with Crippen LogP contribution in [0.3, 0.4) is 0 Å². The van der Waals surface area contributed by atoms with Gasteiger partial charge in [-0.2, -0.15) is 0 Å². The summed E-state index contributed by atoms with van der Waals surface area (Å²) < 4.78 is 0. The van der Waals surface area contributed by atoms with Gasteiger partial charge in [0, 0.05) is 24.4 Å². The summed E-state index contributed by atoms with van der Waals surface area (Å²) in [6.45, 7) is 2.38. The van der Waals surface area contributed by atoms with Crippen LogP contribution in [0.25, 0.3) is 10.6 Å². The molecule has 1 fully saturated rings. The summed E-state index contributed by atoms with van der Waals surface area (Å²) in [5, 5.41) is 14.8. The lowest BCUT2D eigenvalue weighted by atomic mass is 10.2. The summed E-state index contributed by atoms with van der Waals surface area (Å²) in [7, 11) is 0. The number of hydrogen-bond donors (Lipinski definition) is 2. The van der Waals surface area contributed by atoms with Gasteiger partial charge in [-0.05, 0) is 19.8 Å². The Morgan fingerprint density at radius 2 is 1.96 bits per heavy atom. The maximum Gasteiger partial charge on any atom is 0.227 e. The van der Waals surface area contributed by atoms with Crippen LogP contribution < -0.4 is 10.6 Å². The van der Waals surface area contributed by atoms with E-state index in [0.717, 1.165) is 23.4 Å². The zero-order valence-corrected chi connectivity index (χ0v) is 13.7. The largest absolute Gasteiger partial charge is 0.355 e. The highest BCUT2D eigenvalue weighted by Crippen LogP contribution is 2.28. The Kier molecular flexibility index (Phi) is 4.66. The quantitative estimate of drug-likeness (QED) is 0.851. The normalized spacial score (nSPS) is 13.6. The van der Waals surface area contributed by atoms with Gasteiger partial charge < -0.3 is 10.6 Å². The van der Waals surface area contributed by atoms with Crippen LogP contribution in [0.4, 0.5) is 5.13 Å². The molecule has 1 aliphatic carbocycles. The van der Waals surface area contributed by atoms with Crippen LogP contribution in [0.15, 0.2) is 24.3 Å². The van der Waals surface area contributed by atoms with Crippen molar-refractivity contribution < 1.29 is 9.59 Å². The first-order valence-corrected chi connectivity index (χ1v) is 8.41. The van der Waals surface area contributed by atoms with Crippen molar-refractivity contribution in [2.24, 2.45) is 5.92 Å². The summed E-state index contributed by atoms with van der Waals surface area (Å²) in [4.78, 5) is 23.3. The van der Waals surface area contributed by atoms with E-state index in [1.807, 2.05) is 31.2 Å². The summed E-state index contributed by atoms with van der Waals surface area (Å²) >= 11 is 1.33. The number of nitrogens with zero attached hydrogens (tertiary/aromatic N) is 2. The maximum absolute atomic E-state index is 11.8. The first-order chi connectivity index (χ1) is 11.1. The van der Waals surface area contributed by atoms with Crippen LogP contribution in [-0.2, 0) is 9.59 Å². The third-order valence-corrected chi connectivity index (χ3v) is 4.46. The number of nitrogens with one attached hydrogen (secondary N) is 2. The molecule has 6 nitrogen and oxygen atoms in total. The molecule has 3 rings (SSSR count). The summed E-state index contributed by atoms with van der Waals surface area (Å²) in [6, 6.07) is 7.98. The van der Waals surface area contributed by atoms with E-state index in [-0.39, 0.29) is 24.2 Å². The molecule has 0 saturated heterocycles. The molecular formula is C16H18N4O2S. The first kappa shape index (κ1) is 15.6. The van der Waals surface area contributed by atoms with E-state index >= 15 is 0 Å². The zero-order valence-electron chi connectivity index (χ0n) is 12.8. The second-order valence-electron chi connectivity index (χ2n) is 5.64. The van der Waals surface area contributed by atoms with Gasteiger partial charge in [0.05, 0.1) is 0 Å². The minimum absolute atomic E-state index is 0.0513. The third-order valence-electron chi connectivity index (χ3n) is 3.57. The van der Waals surface area contributed by atoms with E-state index < -0.39 is 0 Å². The SMILES string of the molecule is Cc1ccc(-c2nnc(NC(=O)CCNC(=O)C3CC3)s2)cc1. The fourth-order valence-corrected chi connectivity index (χ4v) is 2.82. The number of aryl methyl sites for hydroxylation is 1. The smallest absolute Gasteiger partial charge is 0.227 e. The van der Waals surface area contributed by atoms with Gasteiger partial charge in [-0.3, -0.25) is 9.59 Å². The highest BCUT2D eigenvalue weighted by atomic mass is 32.1. The lowest BCUT2D eigenvalue weighted by molar-refractivity contribution is -0.122. The van der Waals surface area contributed by atoms with Gasteiger partial charge in [-0.1, -0.05) is 41.2 Å². The van der Waals surface area contributed by atoms with Crippen molar-refractivity contribution in [1.29, 1.82) is 0 Å². The molecule has 0 radical (unpaired) electrons. The van der Waals surface area contributed by atoms with Crippen LogP contribution in [0, 0.1) is 12.8 Å². The number of amides is 2. The lowest BCUT2D eigenvalue weighted by Gasteiger charge is -2.03. The molecular weight excluding hydrogens is 312 g/mol. The molecule has 1 aromatic carbocycles. The Morgan fingerprint density at radius 3 is 2.65 bits per heavy atom. The van der Waals surface area contributed by atoms with E-state index in [1.54, 1.807) is 0 Å². The molecule has 0 spiro atoms. The predicted molar refractivity (Wildman–Crippen MR) is 89.1 cm³/mol. The summed E-state index contributed by atoms with van der Waals surface area (Å²) in [5.74, 6) is 0.0429. The number of carbonyl (C=O) groups excluding carboxylic acids is 2. The van der Waals surface area contributed by atoms with Crippen LogP contribution in [0.1, 0.15) is 24.8 Å². The molecule has 7 heteroatoms. The van der Waals surface area contributed by atoms with Crippen molar-refractivity contribution in [3.8, 4) is 10.6 Å². The molecule has 1 aliphatic rings. The van der Waals surface area contributed by atoms with Crippen LogP contribution in [0.2, 0.25) is 0 Å². The molecule has 23 heavy (non-hydrogen) atoms. The summed E-state index contributed by atoms with van der Waals surface area (Å²) in [5.41, 5.74) is 2.16. The third kappa shape index (κ3) is 4.35. The molecule has 2 amide bonds. The molecule has 0 atom stereocenters. The topological polar surface area (TPSA) is 84.0 Å². The number of aromatic nitrogens is 2. The lowest BCUT2D eigenvalue weighted by Crippen LogP contribution is -2.28. The Bertz CT molecular complexity index is 707. The van der Waals surface area contributed by atoms with Gasteiger partial charge in [-0.15, -0.1) is 10.2 Å². The van der Waals surface area contributed by atoms with Gasteiger partial charge >= 0.3 is 0 Å². The second kappa shape index (κ2) is 6.87. The van der Waals surface area contributed by atoms with Gasteiger partial charge in [0.25, 0.3) is 0 Å². The number of anilines is 1. The van der Waals surface area contributed by atoms with Gasteiger partial charge in [-0.25, -0.2) is 0 Å². The molecule has 1 saturated carbocycles. The highest BCUT2D eigenvalue weighted by molar-refractivity contribution is 7.18. The summed E-state index contributed by atoms with van der Waals surface area (Å²) in [6.07, 6.45) is 2.16. The molecule has 0 aliphatic heterocycles. The van der Waals surface area contributed by atoms with E-state index in [0.29, 0.717) is 11.7 Å². The number of carbonyl (C=O) groups is 2. The molecule has 1 aromatic heterocycles. The number of rotatable bonds is 6. The maximum atomic E-state index is 11.8. The minimum Gasteiger partial charge on any atom is -0.355 e. The molecule has 2 N–H and O–H groups in total. The van der Waals surface area contributed by atoms with Crippen molar-refractivity contribution in [1.82, 2.24) is 15.5 Å². The Balaban J connectivity index is 1.48. The van der Waals surface area contributed by atoms with E-state index in [2.05, 4.69) is 20.8 Å². The number of benzene rings is 1. The molecule has 0 bridgehead atoms. The molecule has 1 heterocycles.